The molecule has 0 bridgehead atoms. The maximum Gasteiger partial charge on any atom is 0.304 e. The fourth-order valence-electron chi connectivity index (χ4n) is 1.96. The van der Waals surface area contributed by atoms with Crippen LogP contribution in [0.15, 0.2) is 24.3 Å². The number of carbonyl (C=O) groups is 1. The average Bonchev–Trinajstić information content (AvgIpc) is 2.36. The van der Waals surface area contributed by atoms with Crippen molar-refractivity contribution in [2.24, 2.45) is 0 Å². The van der Waals surface area contributed by atoms with Crippen molar-refractivity contribution in [2.45, 2.75) is 32.2 Å². The first-order valence-electron chi connectivity index (χ1n) is 6.61. The molecule has 19 heavy (non-hydrogen) atoms. The summed E-state index contributed by atoms with van der Waals surface area (Å²) < 4.78 is 4.98. The molecule has 1 unspecified atom stereocenters. The molecule has 0 aromatic heterocycles. The van der Waals surface area contributed by atoms with E-state index < -0.39 is 5.97 Å². The number of hydrogen-bond donors (Lipinski definition) is 2. The summed E-state index contributed by atoms with van der Waals surface area (Å²) in [5, 5.41) is 12.2. The van der Waals surface area contributed by atoms with E-state index in [9.17, 15) is 4.79 Å². The van der Waals surface area contributed by atoms with Crippen LogP contribution < -0.4 is 5.32 Å². The molecule has 4 heteroatoms. The number of methoxy groups -OCH3 is 1. The van der Waals surface area contributed by atoms with Gasteiger partial charge in [-0.3, -0.25) is 4.79 Å². The first-order chi connectivity index (χ1) is 9.11. The zero-order valence-corrected chi connectivity index (χ0v) is 11.7. The predicted molar refractivity (Wildman–Crippen MR) is 75.4 cm³/mol. The van der Waals surface area contributed by atoms with Crippen LogP contribution in [0.2, 0.25) is 0 Å². The minimum Gasteiger partial charge on any atom is -0.481 e. The molecule has 0 aliphatic carbocycles. The summed E-state index contributed by atoms with van der Waals surface area (Å²) in [6.07, 6.45) is 1.76. The molecule has 1 rings (SSSR count). The van der Waals surface area contributed by atoms with E-state index in [0.29, 0.717) is 6.61 Å². The van der Waals surface area contributed by atoms with E-state index in [4.69, 9.17) is 9.84 Å². The van der Waals surface area contributed by atoms with Gasteiger partial charge in [0, 0.05) is 19.8 Å². The molecule has 0 spiro atoms. The lowest BCUT2D eigenvalue weighted by molar-refractivity contribution is -0.137. The largest absolute Gasteiger partial charge is 0.481 e. The minimum atomic E-state index is -0.767. The number of carboxylic acids is 1. The zero-order chi connectivity index (χ0) is 14.1. The van der Waals surface area contributed by atoms with Gasteiger partial charge in [-0.1, -0.05) is 29.8 Å². The van der Waals surface area contributed by atoms with Crippen molar-refractivity contribution in [1.29, 1.82) is 0 Å². The van der Waals surface area contributed by atoms with E-state index in [1.165, 1.54) is 5.56 Å². The monoisotopic (exact) mass is 265 g/mol. The highest BCUT2D eigenvalue weighted by atomic mass is 16.5. The van der Waals surface area contributed by atoms with Crippen LogP contribution in [0.4, 0.5) is 0 Å². The second kappa shape index (κ2) is 8.67. The molecular formula is C15H23NO3. The Morgan fingerprint density at radius 2 is 2.05 bits per heavy atom. The molecule has 4 nitrogen and oxygen atoms in total. The fraction of sp³-hybridized carbons (Fsp3) is 0.533. The molecule has 0 heterocycles. The Morgan fingerprint density at radius 1 is 1.37 bits per heavy atom. The summed E-state index contributed by atoms with van der Waals surface area (Å²) in [7, 11) is 1.67. The Bertz CT molecular complexity index is 375. The third-order valence-corrected chi connectivity index (χ3v) is 2.98. The van der Waals surface area contributed by atoms with Crippen molar-refractivity contribution in [3.05, 3.63) is 35.4 Å². The molecule has 2 N–H and O–H groups in total. The van der Waals surface area contributed by atoms with Gasteiger partial charge in [-0.15, -0.1) is 0 Å². The maximum absolute atomic E-state index is 10.9. The van der Waals surface area contributed by atoms with Gasteiger partial charge in [-0.2, -0.15) is 0 Å². The van der Waals surface area contributed by atoms with Crippen LogP contribution in [-0.4, -0.2) is 37.4 Å². The Hall–Kier alpha value is -1.39. The van der Waals surface area contributed by atoms with E-state index in [2.05, 4.69) is 29.6 Å². The van der Waals surface area contributed by atoms with Crippen molar-refractivity contribution in [3.63, 3.8) is 0 Å². The van der Waals surface area contributed by atoms with Gasteiger partial charge in [0.2, 0.25) is 0 Å². The van der Waals surface area contributed by atoms with Crippen LogP contribution in [0.1, 0.15) is 24.0 Å². The number of rotatable bonds is 9. The first kappa shape index (κ1) is 15.7. The predicted octanol–water partition coefficient (Wildman–Crippen LogP) is 2.01. The van der Waals surface area contributed by atoms with Crippen molar-refractivity contribution in [2.75, 3.05) is 20.3 Å². The molecule has 0 aliphatic rings. The van der Waals surface area contributed by atoms with Crippen LogP contribution in [0, 0.1) is 6.92 Å². The lowest BCUT2D eigenvalue weighted by Crippen LogP contribution is -2.34. The minimum absolute atomic E-state index is 0.0305. The highest BCUT2D eigenvalue weighted by Crippen LogP contribution is 2.08. The highest BCUT2D eigenvalue weighted by Gasteiger charge is 2.13. The Morgan fingerprint density at radius 3 is 2.63 bits per heavy atom. The van der Waals surface area contributed by atoms with Gasteiger partial charge in [0.1, 0.15) is 0 Å². The third kappa shape index (κ3) is 6.94. The van der Waals surface area contributed by atoms with Gasteiger partial charge in [-0.25, -0.2) is 0 Å². The maximum atomic E-state index is 10.9. The van der Waals surface area contributed by atoms with Gasteiger partial charge < -0.3 is 15.2 Å². The zero-order valence-electron chi connectivity index (χ0n) is 11.7. The second-order valence-electron chi connectivity index (χ2n) is 4.78. The molecule has 0 amide bonds. The van der Waals surface area contributed by atoms with Crippen molar-refractivity contribution in [3.8, 4) is 0 Å². The van der Waals surface area contributed by atoms with Gasteiger partial charge in [0.05, 0.1) is 6.42 Å². The molecular weight excluding hydrogens is 242 g/mol. The van der Waals surface area contributed by atoms with E-state index in [0.717, 1.165) is 24.9 Å². The molecule has 106 valence electrons. The van der Waals surface area contributed by atoms with Gasteiger partial charge >= 0.3 is 5.97 Å². The summed E-state index contributed by atoms with van der Waals surface area (Å²) in [6.45, 7) is 3.51. The number of hydrogen-bond acceptors (Lipinski definition) is 3. The SMILES string of the molecule is COCCCNC(CC(=O)O)Cc1ccc(C)cc1. The third-order valence-electron chi connectivity index (χ3n) is 2.98. The number of carboxylic acid groups (broad SMARTS) is 1. The summed E-state index contributed by atoms with van der Waals surface area (Å²) in [6, 6.07) is 8.19. The summed E-state index contributed by atoms with van der Waals surface area (Å²) in [5.74, 6) is -0.767. The summed E-state index contributed by atoms with van der Waals surface area (Å²) >= 11 is 0. The quantitative estimate of drug-likeness (QED) is 0.671. The molecule has 0 saturated carbocycles. The van der Waals surface area contributed by atoms with E-state index in [1.54, 1.807) is 7.11 Å². The molecule has 0 radical (unpaired) electrons. The Kier molecular flexibility index (Phi) is 7.15. The van der Waals surface area contributed by atoms with E-state index >= 15 is 0 Å². The number of aryl methyl sites for hydroxylation is 1. The summed E-state index contributed by atoms with van der Waals surface area (Å²) in [4.78, 5) is 10.9. The van der Waals surface area contributed by atoms with Gasteiger partial charge in [0.15, 0.2) is 0 Å². The lowest BCUT2D eigenvalue weighted by atomic mass is 10.0. The van der Waals surface area contributed by atoms with Crippen molar-refractivity contribution >= 4 is 5.97 Å². The number of nitrogens with one attached hydrogen (secondary N) is 1. The number of aliphatic carboxylic acids is 1. The highest BCUT2D eigenvalue weighted by molar-refractivity contribution is 5.67. The van der Waals surface area contributed by atoms with Crippen LogP contribution in [0.5, 0.6) is 0 Å². The Labute approximate surface area is 114 Å². The average molecular weight is 265 g/mol. The smallest absolute Gasteiger partial charge is 0.304 e. The molecule has 0 saturated heterocycles. The molecule has 1 aromatic carbocycles. The van der Waals surface area contributed by atoms with E-state index in [1.807, 2.05) is 6.92 Å². The van der Waals surface area contributed by atoms with Crippen molar-refractivity contribution < 1.29 is 14.6 Å². The fourth-order valence-corrected chi connectivity index (χ4v) is 1.96. The topological polar surface area (TPSA) is 58.6 Å². The van der Waals surface area contributed by atoms with E-state index in [-0.39, 0.29) is 12.5 Å². The second-order valence-corrected chi connectivity index (χ2v) is 4.78. The molecule has 0 aliphatic heterocycles. The van der Waals surface area contributed by atoms with Crippen LogP contribution in [0.25, 0.3) is 0 Å². The van der Waals surface area contributed by atoms with Gasteiger partial charge in [-0.05, 0) is 31.9 Å². The molecule has 1 aromatic rings. The van der Waals surface area contributed by atoms with Crippen LogP contribution in [0.3, 0.4) is 0 Å². The van der Waals surface area contributed by atoms with Gasteiger partial charge in [0.25, 0.3) is 0 Å². The molecule has 1 atom stereocenters. The normalized spacial score (nSPS) is 12.3. The van der Waals surface area contributed by atoms with Crippen LogP contribution in [-0.2, 0) is 16.0 Å². The summed E-state index contributed by atoms with van der Waals surface area (Å²) in [5.41, 5.74) is 2.38. The van der Waals surface area contributed by atoms with Crippen LogP contribution >= 0.6 is 0 Å². The van der Waals surface area contributed by atoms with Crippen molar-refractivity contribution in [1.82, 2.24) is 5.32 Å². The lowest BCUT2D eigenvalue weighted by Gasteiger charge is -2.17. The standard InChI is InChI=1S/C15H23NO3/c1-12-4-6-13(7-5-12)10-14(11-15(17)18)16-8-3-9-19-2/h4-7,14,16H,3,8-11H2,1-2H3,(H,17,18). The number of ether oxygens (including phenoxy) is 1. The Balaban J connectivity index is 2.48. The molecule has 0 fully saturated rings. The first-order valence-corrected chi connectivity index (χ1v) is 6.61. The number of benzene rings is 1.